The first-order valence-electron chi connectivity index (χ1n) is 15.7. The Labute approximate surface area is 274 Å². The van der Waals surface area contributed by atoms with Crippen molar-refractivity contribution in [3.63, 3.8) is 0 Å². The van der Waals surface area contributed by atoms with Crippen LogP contribution in [0, 0.1) is 27.7 Å². The highest BCUT2D eigenvalue weighted by molar-refractivity contribution is 7.92. The number of aryl methyl sites for hydroxylation is 4. The summed E-state index contributed by atoms with van der Waals surface area (Å²) in [6.45, 7) is 11.2. The molecular weight excluding hydrogens is 595 g/mol. The van der Waals surface area contributed by atoms with Gasteiger partial charge in [-0.1, -0.05) is 96.9 Å². The van der Waals surface area contributed by atoms with Crippen molar-refractivity contribution in [2.75, 3.05) is 10.8 Å². The zero-order chi connectivity index (χ0) is 33.4. The molecule has 0 heterocycles. The average molecular weight is 640 g/mol. The summed E-state index contributed by atoms with van der Waals surface area (Å²) in [5.74, 6) is -0.753. The zero-order valence-corrected chi connectivity index (χ0v) is 28.5. The summed E-state index contributed by atoms with van der Waals surface area (Å²) in [5.41, 5.74) is 5.70. The van der Waals surface area contributed by atoms with Crippen LogP contribution in [0.4, 0.5) is 5.69 Å². The van der Waals surface area contributed by atoms with Crippen LogP contribution >= 0.6 is 0 Å². The van der Waals surface area contributed by atoms with Crippen LogP contribution in [-0.4, -0.2) is 43.8 Å². The van der Waals surface area contributed by atoms with Crippen molar-refractivity contribution in [2.24, 2.45) is 0 Å². The van der Waals surface area contributed by atoms with E-state index in [1.54, 1.807) is 35.2 Å². The highest BCUT2D eigenvalue weighted by Gasteiger charge is 2.35. The van der Waals surface area contributed by atoms with E-state index in [0.717, 1.165) is 39.8 Å². The molecule has 0 aliphatic heterocycles. The molecule has 0 unspecified atom stereocenters. The van der Waals surface area contributed by atoms with Crippen LogP contribution < -0.4 is 9.62 Å². The number of carbonyl (C=O) groups is 2. The number of nitrogens with one attached hydrogen (secondary N) is 1. The van der Waals surface area contributed by atoms with Crippen molar-refractivity contribution in [1.82, 2.24) is 10.2 Å². The summed E-state index contributed by atoms with van der Waals surface area (Å²) in [4.78, 5) is 30.3. The van der Waals surface area contributed by atoms with Gasteiger partial charge in [-0.15, -0.1) is 0 Å². The number of rotatable bonds is 13. The van der Waals surface area contributed by atoms with Gasteiger partial charge in [0.1, 0.15) is 12.6 Å². The van der Waals surface area contributed by atoms with Gasteiger partial charge in [0, 0.05) is 19.0 Å². The third-order valence-electron chi connectivity index (χ3n) is 8.23. The Morgan fingerprint density at radius 3 is 2.04 bits per heavy atom. The van der Waals surface area contributed by atoms with Crippen molar-refractivity contribution < 1.29 is 18.0 Å². The lowest BCUT2D eigenvalue weighted by Gasteiger charge is -2.34. The van der Waals surface area contributed by atoms with E-state index in [2.05, 4.69) is 5.32 Å². The third kappa shape index (κ3) is 8.63. The van der Waals surface area contributed by atoms with E-state index in [0.29, 0.717) is 5.69 Å². The molecule has 2 amide bonds. The lowest BCUT2D eigenvalue weighted by Crippen LogP contribution is -2.54. The molecule has 0 bridgehead atoms. The topological polar surface area (TPSA) is 86.8 Å². The minimum atomic E-state index is -4.16. The van der Waals surface area contributed by atoms with Crippen LogP contribution in [0.1, 0.15) is 53.6 Å². The maximum Gasteiger partial charge on any atom is 0.264 e. The standard InChI is InChI=1S/C38H45N3O4S/c1-7-31(6)39-38(43)36(24-32-13-9-8-10-14-32)40(25-33-15-11-12-28(3)22-33)37(42)26-41(35-23-29(4)16-19-30(35)5)46(44,45)34-20-17-27(2)18-21-34/h8-23,31,36H,7,24-26H2,1-6H3,(H,39,43)/t31-,36-/m0/s1. The van der Waals surface area contributed by atoms with E-state index in [1.165, 1.54) is 4.31 Å². The van der Waals surface area contributed by atoms with E-state index in [1.807, 2.05) is 108 Å². The zero-order valence-electron chi connectivity index (χ0n) is 27.7. The molecule has 46 heavy (non-hydrogen) atoms. The predicted octanol–water partition coefficient (Wildman–Crippen LogP) is 6.67. The first kappa shape index (κ1) is 34.4. The number of amides is 2. The summed E-state index contributed by atoms with van der Waals surface area (Å²) in [5, 5.41) is 3.08. The van der Waals surface area contributed by atoms with Gasteiger partial charge in [-0.2, -0.15) is 0 Å². The highest BCUT2D eigenvalue weighted by atomic mass is 32.2. The summed E-state index contributed by atoms with van der Waals surface area (Å²) < 4.78 is 29.8. The normalized spacial score (nSPS) is 12.7. The molecule has 0 fully saturated rings. The molecule has 4 aromatic carbocycles. The predicted molar refractivity (Wildman–Crippen MR) is 185 cm³/mol. The highest BCUT2D eigenvalue weighted by Crippen LogP contribution is 2.29. The molecule has 8 heteroatoms. The van der Waals surface area contributed by atoms with E-state index in [4.69, 9.17) is 0 Å². The summed E-state index contributed by atoms with van der Waals surface area (Å²) in [6.07, 6.45) is 1.000. The quantitative estimate of drug-likeness (QED) is 0.177. The molecule has 0 spiro atoms. The number of hydrogen-bond acceptors (Lipinski definition) is 4. The second kappa shape index (κ2) is 15.2. The van der Waals surface area contributed by atoms with Crippen LogP contribution in [0.25, 0.3) is 0 Å². The number of nitrogens with zero attached hydrogens (tertiary/aromatic N) is 2. The van der Waals surface area contributed by atoms with Crippen LogP contribution in [-0.2, 0) is 32.6 Å². The molecule has 0 saturated heterocycles. The molecule has 4 aromatic rings. The Balaban J connectivity index is 1.84. The van der Waals surface area contributed by atoms with Gasteiger partial charge in [0.25, 0.3) is 10.0 Å². The molecule has 0 radical (unpaired) electrons. The van der Waals surface area contributed by atoms with Gasteiger partial charge >= 0.3 is 0 Å². The molecule has 0 aromatic heterocycles. The number of hydrogen-bond donors (Lipinski definition) is 1. The Kier molecular flexibility index (Phi) is 11.4. The minimum Gasteiger partial charge on any atom is -0.352 e. The maximum absolute atomic E-state index is 14.7. The lowest BCUT2D eigenvalue weighted by molar-refractivity contribution is -0.140. The van der Waals surface area contributed by atoms with Gasteiger partial charge in [-0.25, -0.2) is 8.42 Å². The van der Waals surface area contributed by atoms with Crippen LogP contribution in [0.5, 0.6) is 0 Å². The molecule has 242 valence electrons. The van der Waals surface area contributed by atoms with Crippen LogP contribution in [0.3, 0.4) is 0 Å². The molecule has 0 aliphatic rings. The molecule has 0 saturated carbocycles. The fourth-order valence-electron chi connectivity index (χ4n) is 5.34. The fourth-order valence-corrected chi connectivity index (χ4v) is 6.81. The molecule has 7 nitrogen and oxygen atoms in total. The maximum atomic E-state index is 14.7. The lowest BCUT2D eigenvalue weighted by atomic mass is 10.0. The Morgan fingerprint density at radius 2 is 1.39 bits per heavy atom. The number of benzene rings is 4. The Bertz CT molecular complexity index is 1750. The Morgan fingerprint density at radius 1 is 0.761 bits per heavy atom. The fraction of sp³-hybridized carbons (Fsp3) is 0.316. The summed E-state index contributed by atoms with van der Waals surface area (Å²) in [6, 6.07) is 28.6. The third-order valence-corrected chi connectivity index (χ3v) is 10.0. The van der Waals surface area contributed by atoms with Crippen LogP contribution in [0.15, 0.2) is 102 Å². The largest absolute Gasteiger partial charge is 0.352 e. The molecular formula is C38H45N3O4S. The molecule has 0 aliphatic carbocycles. The summed E-state index contributed by atoms with van der Waals surface area (Å²) in [7, 11) is -4.16. The molecule has 2 atom stereocenters. The number of anilines is 1. The average Bonchev–Trinajstić information content (AvgIpc) is 3.03. The second-order valence-corrected chi connectivity index (χ2v) is 14.0. The Hall–Kier alpha value is -4.43. The molecule has 4 rings (SSSR count). The van der Waals surface area contributed by atoms with Crippen LogP contribution in [0.2, 0.25) is 0 Å². The number of sulfonamides is 1. The van der Waals surface area contributed by atoms with Gasteiger partial charge in [-0.05, 0) is 81.5 Å². The number of carbonyl (C=O) groups excluding carboxylic acids is 2. The van der Waals surface area contributed by atoms with Crippen molar-refractivity contribution >= 4 is 27.5 Å². The SMILES string of the molecule is CC[C@H](C)NC(=O)[C@H](Cc1ccccc1)N(Cc1cccc(C)c1)C(=O)CN(c1cc(C)ccc1C)S(=O)(=O)c1ccc(C)cc1. The van der Waals surface area contributed by atoms with Gasteiger partial charge in [-0.3, -0.25) is 13.9 Å². The van der Waals surface area contributed by atoms with E-state index in [9.17, 15) is 18.0 Å². The molecule has 1 N–H and O–H groups in total. The first-order valence-corrected chi connectivity index (χ1v) is 17.2. The van der Waals surface area contributed by atoms with Crippen molar-refractivity contribution in [3.8, 4) is 0 Å². The minimum absolute atomic E-state index is 0.0902. The van der Waals surface area contributed by atoms with Crippen molar-refractivity contribution in [3.05, 3.63) is 130 Å². The van der Waals surface area contributed by atoms with Crippen molar-refractivity contribution in [2.45, 2.75) is 77.9 Å². The summed E-state index contributed by atoms with van der Waals surface area (Å²) >= 11 is 0. The van der Waals surface area contributed by atoms with Gasteiger partial charge in [0.05, 0.1) is 10.6 Å². The smallest absolute Gasteiger partial charge is 0.264 e. The van der Waals surface area contributed by atoms with Gasteiger partial charge < -0.3 is 10.2 Å². The second-order valence-electron chi connectivity index (χ2n) is 12.1. The van der Waals surface area contributed by atoms with E-state index >= 15 is 0 Å². The van der Waals surface area contributed by atoms with E-state index in [-0.39, 0.29) is 29.8 Å². The monoisotopic (exact) mass is 639 g/mol. The van der Waals surface area contributed by atoms with E-state index < -0.39 is 28.5 Å². The first-order chi connectivity index (χ1) is 21.9. The van der Waals surface area contributed by atoms with Crippen molar-refractivity contribution in [1.29, 1.82) is 0 Å². The van der Waals surface area contributed by atoms with Gasteiger partial charge in [0.15, 0.2) is 0 Å². The van der Waals surface area contributed by atoms with Gasteiger partial charge in [0.2, 0.25) is 11.8 Å².